The van der Waals surface area contributed by atoms with Gasteiger partial charge < -0.3 is 19.5 Å². The SMILES string of the molecule is CCOc1cc(/C=C(\C#N)C(=O)Nc2ccc(OCc3ccc(Cl)cc3)cc2)cc(Br)c1OCc1cccc([N+](=O)[O-])c1. The number of nitriles is 1. The summed E-state index contributed by atoms with van der Waals surface area (Å²) >= 11 is 9.39. The van der Waals surface area contributed by atoms with Crippen LogP contribution in [0.3, 0.4) is 0 Å². The van der Waals surface area contributed by atoms with Gasteiger partial charge in [-0.3, -0.25) is 14.9 Å². The maximum absolute atomic E-state index is 12.9. The maximum atomic E-state index is 12.9. The molecule has 0 fully saturated rings. The average molecular weight is 663 g/mol. The van der Waals surface area contributed by atoms with Crippen LogP contribution in [-0.4, -0.2) is 17.4 Å². The Morgan fingerprint density at radius 2 is 1.72 bits per heavy atom. The molecule has 0 aromatic heterocycles. The van der Waals surface area contributed by atoms with Crippen LogP contribution in [0.25, 0.3) is 6.08 Å². The topological polar surface area (TPSA) is 124 Å². The molecule has 9 nitrogen and oxygen atoms in total. The van der Waals surface area contributed by atoms with Crippen molar-refractivity contribution in [1.29, 1.82) is 5.26 Å². The van der Waals surface area contributed by atoms with Crippen LogP contribution in [0.2, 0.25) is 5.02 Å². The molecule has 1 amide bonds. The number of halogens is 2. The summed E-state index contributed by atoms with van der Waals surface area (Å²) in [6.45, 7) is 2.56. The molecule has 0 aliphatic carbocycles. The Hall–Kier alpha value is -4.85. The molecule has 11 heteroatoms. The van der Waals surface area contributed by atoms with Crippen LogP contribution in [-0.2, 0) is 18.0 Å². The minimum absolute atomic E-state index is 0.0357. The van der Waals surface area contributed by atoms with Crippen LogP contribution in [0.15, 0.2) is 95.0 Å². The van der Waals surface area contributed by atoms with Gasteiger partial charge in [-0.2, -0.15) is 5.26 Å². The Kier molecular flexibility index (Phi) is 10.7. The summed E-state index contributed by atoms with van der Waals surface area (Å²) < 4.78 is 18.0. The normalized spacial score (nSPS) is 10.9. The molecule has 0 radical (unpaired) electrons. The Balaban J connectivity index is 1.44. The smallest absolute Gasteiger partial charge is 0.269 e. The summed E-state index contributed by atoms with van der Waals surface area (Å²) in [4.78, 5) is 23.5. The lowest BCUT2D eigenvalue weighted by atomic mass is 10.1. The van der Waals surface area contributed by atoms with E-state index in [1.54, 1.807) is 60.7 Å². The molecule has 1 N–H and O–H groups in total. The molecule has 0 heterocycles. The number of carbonyl (C=O) groups excluding carboxylic acids is 1. The number of amides is 1. The minimum Gasteiger partial charge on any atom is -0.490 e. The van der Waals surface area contributed by atoms with Crippen LogP contribution < -0.4 is 19.5 Å². The van der Waals surface area contributed by atoms with E-state index in [4.69, 9.17) is 25.8 Å². The van der Waals surface area contributed by atoms with Gasteiger partial charge in [0.25, 0.3) is 11.6 Å². The van der Waals surface area contributed by atoms with Crippen molar-refractivity contribution in [3.63, 3.8) is 0 Å². The van der Waals surface area contributed by atoms with Crippen LogP contribution >= 0.6 is 27.5 Å². The molecular formula is C32H25BrClN3O6. The lowest BCUT2D eigenvalue weighted by Gasteiger charge is -2.15. The van der Waals surface area contributed by atoms with Crippen LogP contribution in [0.5, 0.6) is 17.2 Å². The minimum atomic E-state index is -0.586. The van der Waals surface area contributed by atoms with Crippen molar-refractivity contribution in [3.8, 4) is 23.3 Å². The van der Waals surface area contributed by atoms with Gasteiger partial charge in [-0.05, 0) is 94.2 Å². The lowest BCUT2D eigenvalue weighted by molar-refractivity contribution is -0.384. The number of carbonyl (C=O) groups is 1. The summed E-state index contributed by atoms with van der Waals surface area (Å²) in [6, 6.07) is 25.6. The average Bonchev–Trinajstić information content (AvgIpc) is 3.00. The van der Waals surface area contributed by atoms with Crippen molar-refractivity contribution in [3.05, 3.63) is 127 Å². The number of nitrogens with zero attached hydrogens (tertiary/aromatic N) is 2. The molecule has 0 atom stereocenters. The lowest BCUT2D eigenvalue weighted by Crippen LogP contribution is -2.13. The van der Waals surface area contributed by atoms with E-state index in [1.807, 2.05) is 25.1 Å². The molecule has 0 bridgehead atoms. The molecule has 0 spiro atoms. The quantitative estimate of drug-likeness (QED) is 0.0703. The van der Waals surface area contributed by atoms with Crippen molar-refractivity contribution >= 4 is 50.9 Å². The van der Waals surface area contributed by atoms with Gasteiger partial charge in [-0.25, -0.2) is 0 Å². The molecular weight excluding hydrogens is 638 g/mol. The number of hydrogen-bond donors (Lipinski definition) is 1. The number of anilines is 1. The van der Waals surface area contributed by atoms with Crippen molar-refractivity contribution < 1.29 is 23.9 Å². The molecule has 4 rings (SSSR count). The summed E-state index contributed by atoms with van der Waals surface area (Å²) in [5.41, 5.74) is 2.43. The molecule has 0 aliphatic rings. The summed E-state index contributed by atoms with van der Waals surface area (Å²) in [6.07, 6.45) is 1.44. The van der Waals surface area contributed by atoms with Gasteiger partial charge in [0, 0.05) is 22.8 Å². The molecule has 218 valence electrons. The molecule has 0 unspecified atom stereocenters. The fourth-order valence-electron chi connectivity index (χ4n) is 3.89. The summed E-state index contributed by atoms with van der Waals surface area (Å²) in [5, 5.41) is 24.2. The number of ether oxygens (including phenoxy) is 3. The summed E-state index contributed by atoms with van der Waals surface area (Å²) in [5.74, 6) is 0.787. The molecule has 43 heavy (non-hydrogen) atoms. The molecule has 4 aromatic rings. The monoisotopic (exact) mass is 661 g/mol. The van der Waals surface area contributed by atoms with Crippen molar-refractivity contribution in [1.82, 2.24) is 0 Å². The van der Waals surface area contributed by atoms with Crippen LogP contribution in [0, 0.1) is 21.4 Å². The van der Waals surface area contributed by atoms with Gasteiger partial charge in [-0.15, -0.1) is 0 Å². The number of nitro benzene ring substituents is 1. The van der Waals surface area contributed by atoms with Gasteiger partial charge in [0.1, 0.15) is 30.6 Å². The Bertz CT molecular complexity index is 1690. The Labute approximate surface area is 261 Å². The number of non-ortho nitro benzene ring substituents is 1. The number of hydrogen-bond acceptors (Lipinski definition) is 7. The molecule has 4 aromatic carbocycles. The van der Waals surface area contributed by atoms with E-state index in [0.29, 0.717) is 56.8 Å². The highest BCUT2D eigenvalue weighted by Crippen LogP contribution is 2.38. The highest BCUT2D eigenvalue weighted by molar-refractivity contribution is 9.10. The van der Waals surface area contributed by atoms with Crippen molar-refractivity contribution in [2.75, 3.05) is 11.9 Å². The van der Waals surface area contributed by atoms with E-state index in [0.717, 1.165) is 5.56 Å². The number of nitro groups is 1. The third-order valence-electron chi connectivity index (χ3n) is 5.94. The molecule has 0 saturated heterocycles. The van der Waals surface area contributed by atoms with E-state index >= 15 is 0 Å². The first-order chi connectivity index (χ1) is 20.7. The van der Waals surface area contributed by atoms with Gasteiger partial charge in [0.15, 0.2) is 11.5 Å². The Morgan fingerprint density at radius 1 is 1.00 bits per heavy atom. The van der Waals surface area contributed by atoms with Gasteiger partial charge >= 0.3 is 0 Å². The second kappa shape index (κ2) is 14.9. The first-order valence-corrected chi connectivity index (χ1v) is 14.2. The predicted molar refractivity (Wildman–Crippen MR) is 167 cm³/mol. The highest BCUT2D eigenvalue weighted by Gasteiger charge is 2.16. The van der Waals surface area contributed by atoms with Crippen molar-refractivity contribution in [2.24, 2.45) is 0 Å². The summed E-state index contributed by atoms with van der Waals surface area (Å²) in [7, 11) is 0. The Morgan fingerprint density at radius 3 is 2.40 bits per heavy atom. The van der Waals surface area contributed by atoms with Gasteiger partial charge in [0.2, 0.25) is 0 Å². The second-order valence-corrected chi connectivity index (χ2v) is 10.3. The van der Waals surface area contributed by atoms with Crippen LogP contribution in [0.4, 0.5) is 11.4 Å². The third kappa shape index (κ3) is 8.82. The zero-order valence-corrected chi connectivity index (χ0v) is 25.2. The van der Waals surface area contributed by atoms with E-state index in [1.165, 1.54) is 18.2 Å². The zero-order chi connectivity index (χ0) is 30.8. The van der Waals surface area contributed by atoms with E-state index < -0.39 is 10.8 Å². The third-order valence-corrected chi connectivity index (χ3v) is 6.78. The first kappa shape index (κ1) is 31.1. The fraction of sp³-hybridized carbons (Fsp3) is 0.125. The van der Waals surface area contributed by atoms with E-state index in [2.05, 4.69) is 21.2 Å². The van der Waals surface area contributed by atoms with Gasteiger partial charge in [-0.1, -0.05) is 35.9 Å². The number of benzene rings is 4. The number of nitrogens with one attached hydrogen (secondary N) is 1. The second-order valence-electron chi connectivity index (χ2n) is 9.04. The standard InChI is InChI=1S/C32H25BrClN3O6/c1-2-41-30-17-23(16-29(33)31(30)43-20-22-4-3-5-27(15-22)37(39)40)14-24(18-35)32(38)36-26-10-12-28(13-11-26)42-19-21-6-8-25(34)9-7-21/h3-17H,2,19-20H2,1H3,(H,36,38)/b24-14+. The highest BCUT2D eigenvalue weighted by atomic mass is 79.9. The van der Waals surface area contributed by atoms with Gasteiger partial charge in [0.05, 0.1) is 16.0 Å². The largest absolute Gasteiger partial charge is 0.490 e. The van der Waals surface area contributed by atoms with E-state index in [9.17, 15) is 20.2 Å². The van der Waals surface area contributed by atoms with Crippen molar-refractivity contribution in [2.45, 2.75) is 20.1 Å². The molecule has 0 aliphatic heterocycles. The molecule has 0 saturated carbocycles. The first-order valence-electron chi connectivity index (χ1n) is 13.0. The fourth-order valence-corrected chi connectivity index (χ4v) is 4.59. The number of rotatable bonds is 12. The zero-order valence-electron chi connectivity index (χ0n) is 22.9. The van der Waals surface area contributed by atoms with E-state index in [-0.39, 0.29) is 17.9 Å². The van der Waals surface area contributed by atoms with Crippen LogP contribution in [0.1, 0.15) is 23.6 Å². The predicted octanol–water partition coefficient (Wildman–Crippen LogP) is 8.11. The maximum Gasteiger partial charge on any atom is 0.269 e.